The quantitative estimate of drug-likeness (QED) is 0.493. The van der Waals surface area contributed by atoms with Crippen LogP contribution in [0, 0.1) is 23.2 Å². The van der Waals surface area contributed by atoms with Crippen LogP contribution in [0.5, 0.6) is 0 Å². The topological polar surface area (TPSA) is 40.6 Å². The van der Waals surface area contributed by atoms with E-state index in [9.17, 15) is 9.59 Å². The van der Waals surface area contributed by atoms with Crippen LogP contribution in [-0.2, 0) is 16.0 Å². The van der Waals surface area contributed by atoms with E-state index < -0.39 is 0 Å². The van der Waals surface area contributed by atoms with Crippen LogP contribution in [-0.4, -0.2) is 40.7 Å². The molecule has 2 heterocycles. The molecule has 0 saturated heterocycles. The molecule has 0 spiro atoms. The maximum atomic E-state index is 14.3. The van der Waals surface area contributed by atoms with Crippen molar-refractivity contribution in [2.45, 2.75) is 77.3 Å². The van der Waals surface area contributed by atoms with Crippen LogP contribution in [0.25, 0.3) is 0 Å². The van der Waals surface area contributed by atoms with Crippen LogP contribution in [0.15, 0.2) is 41.8 Å². The lowest BCUT2D eigenvalue weighted by Crippen LogP contribution is -2.58. The maximum absolute atomic E-state index is 14.3. The van der Waals surface area contributed by atoms with Crippen LogP contribution in [0.4, 0.5) is 0 Å². The fourth-order valence-corrected chi connectivity index (χ4v) is 9.05. The van der Waals surface area contributed by atoms with Crippen molar-refractivity contribution in [1.29, 1.82) is 0 Å². The summed E-state index contributed by atoms with van der Waals surface area (Å²) >= 11 is 1.79. The summed E-state index contributed by atoms with van der Waals surface area (Å²) in [5, 5.41) is 2.15. The molecule has 7 rings (SSSR count). The highest BCUT2D eigenvalue weighted by Gasteiger charge is 2.56. The highest BCUT2D eigenvalue weighted by molar-refractivity contribution is 7.10. The van der Waals surface area contributed by atoms with E-state index in [1.807, 2.05) is 15.9 Å². The number of carbonyl (C=O) groups is 2. The average molecular weight is 491 g/mol. The van der Waals surface area contributed by atoms with Gasteiger partial charge in [-0.3, -0.25) is 9.59 Å². The van der Waals surface area contributed by atoms with E-state index in [1.165, 1.54) is 29.7 Å². The molecule has 4 saturated carbocycles. The van der Waals surface area contributed by atoms with Gasteiger partial charge in [0, 0.05) is 17.5 Å². The number of fused-ring (bicyclic) bond motifs is 1. The minimum atomic E-state index is -0.209. The minimum Gasteiger partial charge on any atom is -0.330 e. The summed E-state index contributed by atoms with van der Waals surface area (Å²) in [5.41, 5.74) is 2.20. The summed E-state index contributed by atoms with van der Waals surface area (Å²) in [6.07, 6.45) is 8.89. The summed E-state index contributed by atoms with van der Waals surface area (Å²) in [6, 6.07) is 12.6. The summed E-state index contributed by atoms with van der Waals surface area (Å²) in [7, 11) is 0. The minimum absolute atomic E-state index is 0.0628. The van der Waals surface area contributed by atoms with Crippen LogP contribution in [0.2, 0.25) is 0 Å². The second kappa shape index (κ2) is 9.06. The summed E-state index contributed by atoms with van der Waals surface area (Å²) in [4.78, 5) is 33.7. The zero-order chi connectivity index (χ0) is 24.2. The molecule has 1 aromatic carbocycles. The molecule has 4 fully saturated rings. The molecule has 4 aliphatic carbocycles. The van der Waals surface area contributed by atoms with E-state index in [1.54, 1.807) is 11.3 Å². The Balaban J connectivity index is 1.28. The number of rotatable bonds is 6. The van der Waals surface area contributed by atoms with Crippen molar-refractivity contribution < 1.29 is 9.59 Å². The fraction of sp³-hybridized carbons (Fsp3) is 0.600. The van der Waals surface area contributed by atoms with Crippen molar-refractivity contribution in [2.24, 2.45) is 23.2 Å². The summed E-state index contributed by atoms with van der Waals surface area (Å²) < 4.78 is 0. The van der Waals surface area contributed by atoms with E-state index in [-0.39, 0.29) is 35.9 Å². The zero-order valence-corrected chi connectivity index (χ0v) is 21.9. The summed E-state index contributed by atoms with van der Waals surface area (Å²) in [5.74, 6) is 2.54. The molecule has 5 heteroatoms. The Morgan fingerprint density at radius 2 is 1.71 bits per heavy atom. The molecule has 2 atom stereocenters. The van der Waals surface area contributed by atoms with Crippen molar-refractivity contribution in [3.8, 4) is 0 Å². The molecule has 5 aliphatic rings. The van der Waals surface area contributed by atoms with E-state index in [0.717, 1.165) is 55.4 Å². The first kappa shape index (κ1) is 23.3. The second-order valence-corrected chi connectivity index (χ2v) is 12.8. The van der Waals surface area contributed by atoms with Gasteiger partial charge in [-0.25, -0.2) is 0 Å². The van der Waals surface area contributed by atoms with Crippen molar-refractivity contribution in [1.82, 2.24) is 9.80 Å². The monoisotopic (exact) mass is 490 g/mol. The Kier molecular flexibility index (Phi) is 6.03. The van der Waals surface area contributed by atoms with Crippen molar-refractivity contribution in [2.75, 3.05) is 13.1 Å². The maximum Gasteiger partial charge on any atom is 0.243 e. The highest BCUT2D eigenvalue weighted by Crippen LogP contribution is 2.60. The van der Waals surface area contributed by atoms with Gasteiger partial charge in [-0.15, -0.1) is 11.3 Å². The third-order valence-corrected chi connectivity index (χ3v) is 10.6. The first-order chi connectivity index (χ1) is 17.0. The second-order valence-electron chi connectivity index (χ2n) is 11.8. The Bertz CT molecular complexity index is 1060. The number of hydrogen-bond acceptors (Lipinski definition) is 3. The molecule has 1 aliphatic heterocycles. The first-order valence-electron chi connectivity index (χ1n) is 13.7. The van der Waals surface area contributed by atoms with Crippen molar-refractivity contribution in [3.05, 3.63) is 57.8 Å². The molecule has 2 unspecified atom stereocenters. The number of carbonyl (C=O) groups excluding carboxylic acids is 2. The molecule has 4 bridgehead atoms. The van der Waals surface area contributed by atoms with Crippen molar-refractivity contribution >= 4 is 23.2 Å². The van der Waals surface area contributed by atoms with Gasteiger partial charge in [0.15, 0.2) is 0 Å². The summed E-state index contributed by atoms with van der Waals surface area (Å²) in [6.45, 7) is 5.19. The van der Waals surface area contributed by atoms with Gasteiger partial charge >= 0.3 is 0 Å². The lowest BCUT2D eigenvalue weighted by atomic mass is 9.49. The van der Waals surface area contributed by atoms with E-state index in [0.29, 0.717) is 6.54 Å². The van der Waals surface area contributed by atoms with E-state index in [4.69, 9.17) is 0 Å². The predicted molar refractivity (Wildman–Crippen MR) is 140 cm³/mol. The largest absolute Gasteiger partial charge is 0.330 e. The molecule has 4 nitrogen and oxygen atoms in total. The average Bonchev–Trinajstić information content (AvgIpc) is 3.34. The van der Waals surface area contributed by atoms with Gasteiger partial charge in [0.05, 0.1) is 11.5 Å². The van der Waals surface area contributed by atoms with Gasteiger partial charge in [0.25, 0.3) is 0 Å². The lowest BCUT2D eigenvalue weighted by Gasteiger charge is -2.57. The van der Waals surface area contributed by atoms with Crippen LogP contribution < -0.4 is 0 Å². The van der Waals surface area contributed by atoms with Gasteiger partial charge in [-0.05, 0) is 98.6 Å². The number of thiophene rings is 1. The zero-order valence-electron chi connectivity index (χ0n) is 21.1. The molecular formula is C30H38N2O2S. The number of amides is 2. The number of benzene rings is 1. The normalized spacial score (nSPS) is 31.8. The Morgan fingerprint density at radius 3 is 2.34 bits per heavy atom. The third kappa shape index (κ3) is 4.04. The molecule has 1 aromatic heterocycles. The third-order valence-electron chi connectivity index (χ3n) is 9.58. The van der Waals surface area contributed by atoms with E-state index in [2.05, 4.69) is 49.6 Å². The van der Waals surface area contributed by atoms with Crippen LogP contribution in [0.1, 0.15) is 80.8 Å². The predicted octanol–water partition coefficient (Wildman–Crippen LogP) is 6.07. The van der Waals surface area contributed by atoms with Crippen LogP contribution >= 0.6 is 11.3 Å². The number of hydrogen-bond donors (Lipinski definition) is 0. The Hall–Kier alpha value is -2.14. The first-order valence-corrected chi connectivity index (χ1v) is 14.6. The highest BCUT2D eigenvalue weighted by atomic mass is 32.1. The molecule has 186 valence electrons. The Morgan fingerprint density at radius 1 is 1.06 bits per heavy atom. The smallest absolute Gasteiger partial charge is 0.243 e. The molecule has 2 aromatic rings. The lowest BCUT2D eigenvalue weighted by molar-refractivity contribution is -0.162. The standard InChI is InChI=1S/C30H38N2O2S/c1-3-20(2)32(29(34)30-16-21-13-22(17-30)15-23(14-21)18-30)19-27(33)31-11-9-26-25(10-12-35-26)28(31)24-7-5-4-6-8-24/h4-8,10,12,20-23,28H,3,9,11,13-19H2,1-2H3. The van der Waals surface area contributed by atoms with Gasteiger partial charge in [-0.2, -0.15) is 0 Å². The molecule has 2 amide bonds. The molecule has 35 heavy (non-hydrogen) atoms. The van der Waals surface area contributed by atoms with Gasteiger partial charge < -0.3 is 9.80 Å². The Labute approximate surface area is 213 Å². The number of nitrogens with zero attached hydrogens (tertiary/aromatic N) is 2. The van der Waals surface area contributed by atoms with E-state index >= 15 is 0 Å². The molecular weight excluding hydrogens is 452 g/mol. The molecule has 0 N–H and O–H groups in total. The SMILES string of the molecule is CCC(C)N(CC(=O)N1CCc2sccc2C1c1ccccc1)C(=O)C12CC3CC(CC(C3)C1)C2. The van der Waals surface area contributed by atoms with Gasteiger partial charge in [0.1, 0.15) is 6.54 Å². The van der Waals surface area contributed by atoms with Gasteiger partial charge in [0.2, 0.25) is 11.8 Å². The molecule has 0 radical (unpaired) electrons. The van der Waals surface area contributed by atoms with Gasteiger partial charge in [-0.1, -0.05) is 37.3 Å². The fourth-order valence-electron chi connectivity index (χ4n) is 8.14. The van der Waals surface area contributed by atoms with Crippen molar-refractivity contribution in [3.63, 3.8) is 0 Å². The van der Waals surface area contributed by atoms with Crippen LogP contribution in [0.3, 0.4) is 0 Å².